The summed E-state index contributed by atoms with van der Waals surface area (Å²) in [6.07, 6.45) is 7.46. The van der Waals surface area contributed by atoms with Gasteiger partial charge in [0.2, 0.25) is 0 Å². The van der Waals surface area contributed by atoms with Gasteiger partial charge in [-0.3, -0.25) is 0 Å². The van der Waals surface area contributed by atoms with Gasteiger partial charge in [0.15, 0.2) is 0 Å². The van der Waals surface area contributed by atoms with Crippen molar-refractivity contribution in [2.75, 3.05) is 20.7 Å². The van der Waals surface area contributed by atoms with Crippen LogP contribution >= 0.6 is 0 Å². The van der Waals surface area contributed by atoms with Gasteiger partial charge < -0.3 is 10.1 Å². The average Bonchev–Trinajstić information content (AvgIpc) is 2.06. The van der Waals surface area contributed by atoms with Crippen LogP contribution in [0.25, 0.3) is 0 Å². The molecule has 1 N–H and O–H groups in total. The average molecular weight is 153 g/mol. The SMILES string of the molecule is CNCC1C=C(OC)C=CC1. The zero-order valence-electron chi connectivity index (χ0n) is 7.13. The van der Waals surface area contributed by atoms with Crippen LogP contribution in [0.4, 0.5) is 0 Å². The van der Waals surface area contributed by atoms with Crippen molar-refractivity contribution in [1.29, 1.82) is 0 Å². The summed E-state index contributed by atoms with van der Waals surface area (Å²) in [5.41, 5.74) is 0. The number of ether oxygens (including phenoxy) is 1. The Hall–Kier alpha value is -0.760. The lowest BCUT2D eigenvalue weighted by molar-refractivity contribution is 0.299. The molecule has 0 aliphatic heterocycles. The van der Waals surface area contributed by atoms with E-state index in [2.05, 4.69) is 17.5 Å². The van der Waals surface area contributed by atoms with Crippen LogP contribution in [0.3, 0.4) is 0 Å². The number of hydrogen-bond acceptors (Lipinski definition) is 2. The summed E-state index contributed by atoms with van der Waals surface area (Å²) in [4.78, 5) is 0. The van der Waals surface area contributed by atoms with Gasteiger partial charge >= 0.3 is 0 Å². The number of hydrogen-bond donors (Lipinski definition) is 1. The van der Waals surface area contributed by atoms with Crippen molar-refractivity contribution in [1.82, 2.24) is 5.32 Å². The van der Waals surface area contributed by atoms with E-state index in [9.17, 15) is 0 Å². The fourth-order valence-corrected chi connectivity index (χ4v) is 1.26. The zero-order chi connectivity index (χ0) is 8.10. The molecule has 1 aliphatic carbocycles. The highest BCUT2D eigenvalue weighted by Gasteiger charge is 2.07. The predicted molar refractivity (Wildman–Crippen MR) is 46.3 cm³/mol. The van der Waals surface area contributed by atoms with E-state index in [1.807, 2.05) is 13.1 Å². The molecule has 62 valence electrons. The van der Waals surface area contributed by atoms with E-state index < -0.39 is 0 Å². The van der Waals surface area contributed by atoms with E-state index in [4.69, 9.17) is 4.74 Å². The standard InChI is InChI=1S/C9H15NO/c1-10-7-8-4-3-5-9(6-8)11-2/h3,5-6,8,10H,4,7H2,1-2H3. The number of methoxy groups -OCH3 is 1. The highest BCUT2D eigenvalue weighted by atomic mass is 16.5. The van der Waals surface area contributed by atoms with E-state index in [0.717, 1.165) is 18.7 Å². The second-order valence-electron chi connectivity index (χ2n) is 2.73. The molecule has 0 aromatic heterocycles. The van der Waals surface area contributed by atoms with Crippen molar-refractivity contribution in [2.24, 2.45) is 5.92 Å². The molecule has 0 saturated carbocycles. The van der Waals surface area contributed by atoms with Crippen molar-refractivity contribution in [2.45, 2.75) is 6.42 Å². The minimum absolute atomic E-state index is 0.597. The molecule has 1 atom stereocenters. The first-order valence-corrected chi connectivity index (χ1v) is 3.93. The summed E-state index contributed by atoms with van der Waals surface area (Å²) < 4.78 is 5.11. The Balaban J connectivity index is 2.47. The van der Waals surface area contributed by atoms with Crippen LogP contribution in [0.1, 0.15) is 6.42 Å². The predicted octanol–water partition coefficient (Wildman–Crippen LogP) is 1.31. The van der Waals surface area contributed by atoms with Gasteiger partial charge in [-0.15, -0.1) is 0 Å². The first-order valence-electron chi connectivity index (χ1n) is 3.93. The normalized spacial score (nSPS) is 23.1. The Morgan fingerprint density at radius 3 is 3.18 bits per heavy atom. The Bertz CT molecular complexity index is 172. The molecule has 0 saturated heterocycles. The molecule has 1 rings (SSSR count). The summed E-state index contributed by atoms with van der Waals surface area (Å²) in [5, 5.41) is 3.15. The topological polar surface area (TPSA) is 21.3 Å². The molecule has 1 aliphatic rings. The summed E-state index contributed by atoms with van der Waals surface area (Å²) in [5.74, 6) is 1.58. The minimum Gasteiger partial charge on any atom is -0.497 e. The van der Waals surface area contributed by atoms with Gasteiger partial charge in [0, 0.05) is 6.54 Å². The van der Waals surface area contributed by atoms with Gasteiger partial charge in [-0.05, 0) is 31.5 Å². The second-order valence-corrected chi connectivity index (χ2v) is 2.73. The molecule has 0 spiro atoms. The quantitative estimate of drug-likeness (QED) is 0.660. The Labute approximate surface area is 67.9 Å². The molecule has 0 fully saturated rings. The largest absolute Gasteiger partial charge is 0.497 e. The minimum atomic E-state index is 0.597. The molecule has 1 unspecified atom stereocenters. The summed E-state index contributed by atoms with van der Waals surface area (Å²) >= 11 is 0. The maximum atomic E-state index is 5.11. The van der Waals surface area contributed by atoms with E-state index in [1.165, 1.54) is 0 Å². The molecule has 11 heavy (non-hydrogen) atoms. The van der Waals surface area contributed by atoms with Gasteiger partial charge in [-0.25, -0.2) is 0 Å². The molecule has 2 heteroatoms. The third-order valence-corrected chi connectivity index (χ3v) is 1.82. The molecule has 0 aromatic carbocycles. The van der Waals surface area contributed by atoms with E-state index in [1.54, 1.807) is 7.11 Å². The van der Waals surface area contributed by atoms with Crippen LogP contribution in [0.15, 0.2) is 24.0 Å². The van der Waals surface area contributed by atoms with Gasteiger partial charge in [-0.2, -0.15) is 0 Å². The van der Waals surface area contributed by atoms with Crippen LogP contribution in [0.5, 0.6) is 0 Å². The summed E-state index contributed by atoms with van der Waals surface area (Å²) in [6, 6.07) is 0. The van der Waals surface area contributed by atoms with E-state index >= 15 is 0 Å². The van der Waals surface area contributed by atoms with E-state index in [0.29, 0.717) is 5.92 Å². The molecular weight excluding hydrogens is 138 g/mol. The third kappa shape index (κ3) is 2.39. The van der Waals surface area contributed by atoms with Crippen LogP contribution in [-0.2, 0) is 4.74 Å². The van der Waals surface area contributed by atoms with Crippen LogP contribution < -0.4 is 5.32 Å². The van der Waals surface area contributed by atoms with E-state index in [-0.39, 0.29) is 0 Å². The summed E-state index contributed by atoms with van der Waals surface area (Å²) in [6.45, 7) is 1.02. The monoisotopic (exact) mass is 153 g/mol. The smallest absolute Gasteiger partial charge is 0.114 e. The van der Waals surface area contributed by atoms with Crippen LogP contribution in [0, 0.1) is 5.92 Å². The van der Waals surface area contributed by atoms with Crippen LogP contribution in [0.2, 0.25) is 0 Å². The molecule has 0 aromatic rings. The molecule has 0 amide bonds. The lowest BCUT2D eigenvalue weighted by atomic mass is 10.0. The third-order valence-electron chi connectivity index (χ3n) is 1.82. The number of rotatable bonds is 3. The Morgan fingerprint density at radius 2 is 2.55 bits per heavy atom. The van der Waals surface area contributed by atoms with Crippen molar-refractivity contribution >= 4 is 0 Å². The maximum Gasteiger partial charge on any atom is 0.114 e. The molecule has 0 bridgehead atoms. The number of nitrogens with one attached hydrogen (secondary N) is 1. The summed E-state index contributed by atoms with van der Waals surface area (Å²) in [7, 11) is 3.68. The van der Waals surface area contributed by atoms with Crippen molar-refractivity contribution < 1.29 is 4.74 Å². The fraction of sp³-hybridized carbons (Fsp3) is 0.556. The molecule has 2 nitrogen and oxygen atoms in total. The van der Waals surface area contributed by atoms with Crippen molar-refractivity contribution in [3.05, 3.63) is 24.0 Å². The molecule has 0 radical (unpaired) electrons. The lowest BCUT2D eigenvalue weighted by Gasteiger charge is -2.14. The van der Waals surface area contributed by atoms with Gasteiger partial charge in [0.1, 0.15) is 5.76 Å². The number of allylic oxidation sites excluding steroid dienone is 2. The Kier molecular flexibility index (Phi) is 3.17. The Morgan fingerprint density at radius 1 is 1.73 bits per heavy atom. The molecular formula is C9H15NO. The lowest BCUT2D eigenvalue weighted by Crippen LogP contribution is -2.18. The van der Waals surface area contributed by atoms with Crippen molar-refractivity contribution in [3.8, 4) is 0 Å². The fourth-order valence-electron chi connectivity index (χ4n) is 1.26. The zero-order valence-corrected chi connectivity index (χ0v) is 7.13. The van der Waals surface area contributed by atoms with Crippen molar-refractivity contribution in [3.63, 3.8) is 0 Å². The highest BCUT2D eigenvalue weighted by Crippen LogP contribution is 2.15. The molecule has 0 heterocycles. The first kappa shape index (κ1) is 8.34. The van der Waals surface area contributed by atoms with Crippen LogP contribution in [-0.4, -0.2) is 20.7 Å². The maximum absolute atomic E-state index is 5.11. The van der Waals surface area contributed by atoms with Gasteiger partial charge in [0.25, 0.3) is 0 Å². The first-order chi connectivity index (χ1) is 5.36. The van der Waals surface area contributed by atoms with Gasteiger partial charge in [-0.1, -0.05) is 6.08 Å². The highest BCUT2D eigenvalue weighted by molar-refractivity contribution is 5.18. The second kappa shape index (κ2) is 4.19. The van der Waals surface area contributed by atoms with Gasteiger partial charge in [0.05, 0.1) is 7.11 Å².